The number of nitrogens with zero attached hydrogens (tertiary/aromatic N) is 1. The second-order valence-electron chi connectivity index (χ2n) is 11.7. The zero-order chi connectivity index (χ0) is 35.1. The smallest absolute Gasteiger partial charge is 0.102 e. The number of para-hydroxylation sites is 1. The maximum Gasteiger partial charge on any atom is 0.102 e. The van der Waals surface area contributed by atoms with Crippen LogP contribution >= 0.6 is 15.9 Å². The number of nitrogens with one attached hydrogen (secondary N) is 1. The third-order valence-corrected chi connectivity index (χ3v) is 9.38. The van der Waals surface area contributed by atoms with Gasteiger partial charge in [0.15, 0.2) is 0 Å². The van der Waals surface area contributed by atoms with Crippen LogP contribution in [0.25, 0.3) is 0 Å². The highest BCUT2D eigenvalue weighted by Gasteiger charge is 2.34. The molecule has 50 heavy (non-hydrogen) atoms. The summed E-state index contributed by atoms with van der Waals surface area (Å²) in [4.78, 5) is 2.47. The lowest BCUT2D eigenvalue weighted by atomic mass is 9.97. The SMILES string of the molecule is COC(CN)c1ccccc1Br.COC1CN(C(c2ccccc2)c2ccccc2)c2ccccc21.N=C(c1ccccc1)c1ccccc1. The Kier molecular flexibility index (Phi) is 13.7. The van der Waals surface area contributed by atoms with Gasteiger partial charge < -0.3 is 20.1 Å². The van der Waals surface area contributed by atoms with E-state index in [1.807, 2.05) is 84.9 Å². The van der Waals surface area contributed by atoms with Gasteiger partial charge in [0.1, 0.15) is 6.10 Å². The molecule has 0 fully saturated rings. The van der Waals surface area contributed by atoms with Crippen LogP contribution in [0.1, 0.15) is 51.6 Å². The van der Waals surface area contributed by atoms with Gasteiger partial charge in [0.25, 0.3) is 0 Å². The Morgan fingerprint density at radius 2 is 1.14 bits per heavy atom. The number of methoxy groups -OCH3 is 2. The van der Waals surface area contributed by atoms with Crippen LogP contribution in [0.4, 0.5) is 5.69 Å². The van der Waals surface area contributed by atoms with Crippen molar-refractivity contribution in [3.05, 3.63) is 208 Å². The van der Waals surface area contributed by atoms with Gasteiger partial charge in [-0.1, -0.05) is 174 Å². The highest BCUT2D eigenvalue weighted by atomic mass is 79.9. The zero-order valence-corrected chi connectivity index (χ0v) is 30.1. The maximum atomic E-state index is 7.97. The largest absolute Gasteiger partial charge is 0.375 e. The fraction of sp³-hybridized carbons (Fsp3) is 0.159. The maximum absolute atomic E-state index is 7.97. The van der Waals surface area contributed by atoms with E-state index in [1.165, 1.54) is 22.4 Å². The molecule has 2 unspecified atom stereocenters. The summed E-state index contributed by atoms with van der Waals surface area (Å²) in [6.07, 6.45) is 0.108. The van der Waals surface area contributed by atoms with E-state index in [0.717, 1.165) is 27.7 Å². The van der Waals surface area contributed by atoms with Gasteiger partial charge in [-0.25, -0.2) is 0 Å². The van der Waals surface area contributed by atoms with Crippen LogP contribution in [0, 0.1) is 5.41 Å². The summed E-state index contributed by atoms with van der Waals surface area (Å²) in [6, 6.07) is 57.7. The first-order valence-corrected chi connectivity index (χ1v) is 17.5. The van der Waals surface area contributed by atoms with Crippen molar-refractivity contribution in [2.45, 2.75) is 18.2 Å². The van der Waals surface area contributed by atoms with Crippen molar-refractivity contribution in [3.63, 3.8) is 0 Å². The second kappa shape index (κ2) is 18.8. The van der Waals surface area contributed by atoms with Crippen molar-refractivity contribution >= 4 is 27.3 Å². The molecule has 3 N–H and O–H groups in total. The molecule has 2 atom stereocenters. The van der Waals surface area contributed by atoms with Gasteiger partial charge in [-0.2, -0.15) is 0 Å². The van der Waals surface area contributed by atoms with Crippen molar-refractivity contribution in [1.29, 1.82) is 5.41 Å². The van der Waals surface area contributed by atoms with Crippen molar-refractivity contribution < 1.29 is 9.47 Å². The Bertz CT molecular complexity index is 1800. The molecule has 0 amide bonds. The number of rotatable bonds is 9. The molecule has 6 aromatic carbocycles. The number of halogens is 1. The number of hydrogen-bond acceptors (Lipinski definition) is 5. The summed E-state index contributed by atoms with van der Waals surface area (Å²) in [5.41, 5.74) is 14.3. The van der Waals surface area contributed by atoms with E-state index in [0.29, 0.717) is 12.3 Å². The number of hydrogen-bond donors (Lipinski definition) is 2. The predicted octanol–water partition coefficient (Wildman–Crippen LogP) is 10.2. The molecule has 254 valence electrons. The lowest BCUT2D eigenvalue weighted by Gasteiger charge is -2.31. The molecular formula is C44H44BrN3O2. The number of anilines is 1. The molecule has 0 aromatic heterocycles. The van der Waals surface area contributed by atoms with Crippen LogP contribution in [0.5, 0.6) is 0 Å². The molecule has 7 rings (SSSR count). The predicted molar refractivity (Wildman–Crippen MR) is 210 cm³/mol. The average Bonchev–Trinajstić information content (AvgIpc) is 3.56. The number of fused-ring (bicyclic) bond motifs is 1. The second-order valence-corrected chi connectivity index (χ2v) is 12.6. The monoisotopic (exact) mass is 725 g/mol. The third kappa shape index (κ3) is 9.23. The van der Waals surface area contributed by atoms with Gasteiger partial charge in [-0.05, 0) is 39.9 Å². The molecule has 0 aliphatic carbocycles. The van der Waals surface area contributed by atoms with Gasteiger partial charge in [0, 0.05) is 43.0 Å². The first-order chi connectivity index (χ1) is 24.5. The standard InChI is InChI=1S/C22H21NO.C13H11N.C9H12BrNO/c1-24-21-16-23(20-15-9-8-14-19(20)21)22(17-10-4-2-5-11-17)18-12-6-3-7-13-18;14-13(11-7-3-1-4-8-11)12-9-5-2-6-10-12;1-12-9(6-11)7-4-2-3-5-8(7)10/h2-15,21-22H,16H2,1H3;1-10,14H;2-5,9H,6,11H2,1H3. The molecule has 1 heterocycles. The van der Waals surface area contributed by atoms with Crippen LogP contribution in [0.15, 0.2) is 174 Å². The average molecular weight is 727 g/mol. The lowest BCUT2D eigenvalue weighted by molar-refractivity contribution is 0.110. The summed E-state index contributed by atoms with van der Waals surface area (Å²) in [6.45, 7) is 1.36. The van der Waals surface area contributed by atoms with Gasteiger partial charge in [0.05, 0.1) is 17.9 Å². The third-order valence-electron chi connectivity index (χ3n) is 8.66. The highest BCUT2D eigenvalue weighted by Crippen LogP contribution is 2.43. The summed E-state index contributed by atoms with van der Waals surface area (Å²) >= 11 is 3.44. The van der Waals surface area contributed by atoms with E-state index in [2.05, 4.69) is 106 Å². The quantitative estimate of drug-likeness (QED) is 0.146. The molecule has 0 spiro atoms. The minimum Gasteiger partial charge on any atom is -0.375 e. The summed E-state index contributed by atoms with van der Waals surface area (Å²) in [5, 5.41) is 7.97. The van der Waals surface area contributed by atoms with E-state index >= 15 is 0 Å². The van der Waals surface area contributed by atoms with Crippen molar-refractivity contribution in [2.24, 2.45) is 5.73 Å². The van der Waals surface area contributed by atoms with E-state index in [-0.39, 0.29) is 18.2 Å². The van der Waals surface area contributed by atoms with Gasteiger partial charge in [-0.15, -0.1) is 0 Å². The van der Waals surface area contributed by atoms with E-state index in [1.54, 1.807) is 14.2 Å². The Balaban J connectivity index is 0.000000159. The van der Waals surface area contributed by atoms with Crippen LogP contribution in [-0.2, 0) is 9.47 Å². The minimum absolute atomic E-state index is 0.0134. The van der Waals surface area contributed by atoms with Crippen LogP contribution in [-0.4, -0.2) is 33.0 Å². The molecule has 5 nitrogen and oxygen atoms in total. The van der Waals surface area contributed by atoms with Crippen molar-refractivity contribution in [3.8, 4) is 0 Å². The van der Waals surface area contributed by atoms with Crippen molar-refractivity contribution in [1.82, 2.24) is 0 Å². The molecule has 6 aromatic rings. The van der Waals surface area contributed by atoms with Gasteiger partial charge in [-0.3, -0.25) is 5.41 Å². The Morgan fingerprint density at radius 3 is 1.62 bits per heavy atom. The van der Waals surface area contributed by atoms with Crippen LogP contribution < -0.4 is 10.6 Å². The zero-order valence-electron chi connectivity index (χ0n) is 28.5. The normalized spacial score (nSPS) is 13.7. The topological polar surface area (TPSA) is 71.6 Å². The lowest BCUT2D eigenvalue weighted by Crippen LogP contribution is -2.28. The van der Waals surface area contributed by atoms with Crippen LogP contribution in [0.2, 0.25) is 0 Å². The molecule has 1 aliphatic heterocycles. The molecular weight excluding hydrogens is 682 g/mol. The van der Waals surface area contributed by atoms with Crippen LogP contribution in [0.3, 0.4) is 0 Å². The minimum atomic E-state index is -0.0134. The fourth-order valence-electron chi connectivity index (χ4n) is 6.13. The molecule has 0 saturated heterocycles. The Labute approximate surface area is 305 Å². The molecule has 1 aliphatic rings. The first kappa shape index (κ1) is 36.4. The Morgan fingerprint density at radius 1 is 0.680 bits per heavy atom. The number of benzene rings is 6. The van der Waals surface area contributed by atoms with Gasteiger partial charge in [0.2, 0.25) is 0 Å². The van der Waals surface area contributed by atoms with Gasteiger partial charge >= 0.3 is 0 Å². The summed E-state index contributed by atoms with van der Waals surface area (Å²) < 4.78 is 12.0. The fourth-order valence-corrected chi connectivity index (χ4v) is 6.67. The van der Waals surface area contributed by atoms with Crippen molar-refractivity contribution in [2.75, 3.05) is 32.2 Å². The van der Waals surface area contributed by atoms with E-state index in [9.17, 15) is 0 Å². The summed E-state index contributed by atoms with van der Waals surface area (Å²) in [5.74, 6) is 0. The Hall–Kier alpha value is -4.85. The van der Waals surface area contributed by atoms with E-state index < -0.39 is 0 Å². The molecule has 0 bridgehead atoms. The molecule has 6 heteroatoms. The molecule has 0 radical (unpaired) electrons. The molecule has 0 saturated carbocycles. The van der Waals surface area contributed by atoms with E-state index in [4.69, 9.17) is 20.6 Å². The first-order valence-electron chi connectivity index (χ1n) is 16.7. The number of nitrogens with two attached hydrogens (primary N) is 1. The highest BCUT2D eigenvalue weighted by molar-refractivity contribution is 9.10. The number of ether oxygens (including phenoxy) is 2. The summed E-state index contributed by atoms with van der Waals surface area (Å²) in [7, 11) is 3.46.